The lowest BCUT2D eigenvalue weighted by Crippen LogP contribution is -1.92. The Kier molecular flexibility index (Phi) is 3.17. The molecule has 21 heavy (non-hydrogen) atoms. The molecule has 0 fully saturated rings. The Morgan fingerprint density at radius 1 is 1.10 bits per heavy atom. The van der Waals surface area contributed by atoms with Crippen molar-refractivity contribution in [2.75, 3.05) is 20.0 Å². The number of hydrogen-bond acceptors (Lipinski definition) is 4. The monoisotopic (exact) mass is 283 g/mol. The van der Waals surface area contributed by atoms with Crippen LogP contribution in [-0.4, -0.2) is 23.6 Å². The van der Waals surface area contributed by atoms with Crippen molar-refractivity contribution in [3.05, 3.63) is 42.2 Å². The van der Waals surface area contributed by atoms with Crippen LogP contribution in [0.1, 0.15) is 5.56 Å². The number of ether oxygens (including phenoxy) is 2. The van der Waals surface area contributed by atoms with Crippen molar-refractivity contribution < 1.29 is 9.47 Å². The zero-order valence-corrected chi connectivity index (χ0v) is 12.3. The first-order chi connectivity index (χ1) is 10.1. The standard InChI is InChI=1S/C16H17N3O2/c1-10-6-11(17)8-19-9-14(18-16(10)19)13-5-4-12(20-2)7-15(13)21-3/h4-9H,17H2,1-3H3. The highest BCUT2D eigenvalue weighted by Crippen LogP contribution is 2.33. The molecule has 3 rings (SSSR count). The average molecular weight is 283 g/mol. The lowest BCUT2D eigenvalue weighted by Gasteiger charge is -2.08. The third-order valence-corrected chi connectivity index (χ3v) is 3.44. The van der Waals surface area contributed by atoms with E-state index in [2.05, 4.69) is 4.98 Å². The second-order valence-electron chi connectivity index (χ2n) is 4.88. The molecular formula is C16H17N3O2. The molecule has 0 radical (unpaired) electrons. The van der Waals surface area contributed by atoms with Gasteiger partial charge in [-0.15, -0.1) is 0 Å². The summed E-state index contributed by atoms with van der Waals surface area (Å²) in [4.78, 5) is 4.67. The smallest absolute Gasteiger partial charge is 0.140 e. The molecule has 0 aliphatic rings. The minimum absolute atomic E-state index is 0.714. The normalized spacial score (nSPS) is 10.8. The van der Waals surface area contributed by atoms with Gasteiger partial charge in [-0.1, -0.05) is 0 Å². The first-order valence-electron chi connectivity index (χ1n) is 6.59. The van der Waals surface area contributed by atoms with Crippen LogP contribution in [0.5, 0.6) is 11.5 Å². The molecule has 0 amide bonds. The predicted molar refractivity (Wildman–Crippen MR) is 82.9 cm³/mol. The summed E-state index contributed by atoms with van der Waals surface area (Å²) in [5.74, 6) is 1.48. The Labute approximate surface area is 122 Å². The second kappa shape index (κ2) is 5.01. The van der Waals surface area contributed by atoms with Gasteiger partial charge in [0.15, 0.2) is 0 Å². The van der Waals surface area contributed by atoms with Gasteiger partial charge in [0.2, 0.25) is 0 Å². The summed E-state index contributed by atoms with van der Waals surface area (Å²) in [6, 6.07) is 7.60. The van der Waals surface area contributed by atoms with Crippen LogP contribution in [0, 0.1) is 6.92 Å². The third-order valence-electron chi connectivity index (χ3n) is 3.44. The molecule has 2 N–H and O–H groups in total. The maximum atomic E-state index is 5.88. The number of aryl methyl sites for hydroxylation is 1. The summed E-state index contributed by atoms with van der Waals surface area (Å²) in [5.41, 5.74) is 10.3. The van der Waals surface area contributed by atoms with Crippen LogP contribution in [0.4, 0.5) is 5.69 Å². The molecule has 5 nitrogen and oxygen atoms in total. The molecule has 108 valence electrons. The predicted octanol–water partition coefficient (Wildman–Crippen LogP) is 2.91. The van der Waals surface area contributed by atoms with Crippen LogP contribution >= 0.6 is 0 Å². The van der Waals surface area contributed by atoms with Gasteiger partial charge in [-0.25, -0.2) is 4.98 Å². The van der Waals surface area contributed by atoms with E-state index in [9.17, 15) is 0 Å². The maximum Gasteiger partial charge on any atom is 0.140 e. The van der Waals surface area contributed by atoms with Crippen molar-refractivity contribution in [1.29, 1.82) is 0 Å². The van der Waals surface area contributed by atoms with E-state index in [-0.39, 0.29) is 0 Å². The van der Waals surface area contributed by atoms with Crippen LogP contribution in [-0.2, 0) is 0 Å². The molecule has 2 aromatic heterocycles. The topological polar surface area (TPSA) is 61.8 Å². The number of nitrogens with two attached hydrogens (primary N) is 1. The minimum Gasteiger partial charge on any atom is -0.497 e. The van der Waals surface area contributed by atoms with E-state index < -0.39 is 0 Å². The van der Waals surface area contributed by atoms with Gasteiger partial charge in [0.25, 0.3) is 0 Å². The van der Waals surface area contributed by atoms with Crippen molar-refractivity contribution >= 4 is 11.3 Å². The highest BCUT2D eigenvalue weighted by molar-refractivity contribution is 5.71. The van der Waals surface area contributed by atoms with Gasteiger partial charge < -0.3 is 19.6 Å². The molecule has 0 saturated heterocycles. The first-order valence-corrected chi connectivity index (χ1v) is 6.59. The van der Waals surface area contributed by atoms with Gasteiger partial charge in [0, 0.05) is 29.7 Å². The number of methoxy groups -OCH3 is 2. The molecule has 0 aliphatic heterocycles. The lowest BCUT2D eigenvalue weighted by molar-refractivity contribution is 0.395. The second-order valence-corrected chi connectivity index (χ2v) is 4.88. The number of anilines is 1. The number of rotatable bonds is 3. The summed E-state index contributed by atoms with van der Waals surface area (Å²) in [6.45, 7) is 1.99. The number of aromatic nitrogens is 2. The number of nitrogen functional groups attached to an aromatic ring is 1. The molecule has 0 bridgehead atoms. The Hall–Kier alpha value is -2.69. The van der Waals surface area contributed by atoms with Gasteiger partial charge in [0.1, 0.15) is 17.1 Å². The van der Waals surface area contributed by atoms with E-state index in [1.165, 1.54) is 0 Å². The molecule has 0 atom stereocenters. The van der Waals surface area contributed by atoms with Crippen molar-refractivity contribution in [2.45, 2.75) is 6.92 Å². The lowest BCUT2D eigenvalue weighted by atomic mass is 10.1. The molecule has 0 unspecified atom stereocenters. The van der Waals surface area contributed by atoms with Crippen LogP contribution < -0.4 is 15.2 Å². The Balaban J connectivity index is 2.18. The van der Waals surface area contributed by atoms with E-state index in [4.69, 9.17) is 15.2 Å². The SMILES string of the molecule is COc1ccc(-c2cn3cc(N)cc(C)c3n2)c(OC)c1. The summed E-state index contributed by atoms with van der Waals surface area (Å²) in [5, 5.41) is 0. The van der Waals surface area contributed by atoms with E-state index >= 15 is 0 Å². The fraction of sp³-hybridized carbons (Fsp3) is 0.188. The molecule has 0 aliphatic carbocycles. The number of hydrogen-bond donors (Lipinski definition) is 1. The minimum atomic E-state index is 0.714. The van der Waals surface area contributed by atoms with Gasteiger partial charge in [-0.2, -0.15) is 0 Å². The molecule has 2 heterocycles. The van der Waals surface area contributed by atoms with Crippen molar-refractivity contribution in [3.8, 4) is 22.8 Å². The zero-order valence-electron chi connectivity index (χ0n) is 12.3. The number of benzene rings is 1. The van der Waals surface area contributed by atoms with E-state index in [1.54, 1.807) is 14.2 Å². The van der Waals surface area contributed by atoms with Crippen LogP contribution in [0.25, 0.3) is 16.9 Å². The number of nitrogens with zero attached hydrogens (tertiary/aromatic N) is 2. The molecule has 3 aromatic rings. The third kappa shape index (κ3) is 2.27. The molecular weight excluding hydrogens is 266 g/mol. The molecule has 0 saturated carbocycles. The van der Waals surface area contributed by atoms with Crippen molar-refractivity contribution in [2.24, 2.45) is 0 Å². The molecule has 1 aromatic carbocycles. The van der Waals surface area contributed by atoms with Crippen molar-refractivity contribution in [3.63, 3.8) is 0 Å². The Bertz CT molecular complexity index is 809. The highest BCUT2D eigenvalue weighted by Gasteiger charge is 2.12. The fourth-order valence-electron chi connectivity index (χ4n) is 2.44. The highest BCUT2D eigenvalue weighted by atomic mass is 16.5. The zero-order chi connectivity index (χ0) is 15.0. The Morgan fingerprint density at radius 3 is 2.62 bits per heavy atom. The summed E-state index contributed by atoms with van der Waals surface area (Å²) in [6.07, 6.45) is 3.80. The quantitative estimate of drug-likeness (QED) is 0.803. The number of pyridine rings is 1. The van der Waals surface area contributed by atoms with E-state index in [1.807, 2.05) is 48.0 Å². The maximum absolute atomic E-state index is 5.88. The average Bonchev–Trinajstić information content (AvgIpc) is 2.90. The van der Waals surface area contributed by atoms with Gasteiger partial charge in [-0.3, -0.25) is 0 Å². The van der Waals surface area contributed by atoms with Gasteiger partial charge >= 0.3 is 0 Å². The van der Waals surface area contributed by atoms with Crippen LogP contribution in [0.3, 0.4) is 0 Å². The van der Waals surface area contributed by atoms with E-state index in [0.29, 0.717) is 5.69 Å². The number of imidazole rings is 1. The van der Waals surface area contributed by atoms with E-state index in [0.717, 1.165) is 34.0 Å². The summed E-state index contributed by atoms with van der Waals surface area (Å²) in [7, 11) is 3.27. The first kappa shape index (κ1) is 13.3. The number of fused-ring (bicyclic) bond motifs is 1. The van der Waals surface area contributed by atoms with Gasteiger partial charge in [-0.05, 0) is 30.7 Å². The van der Waals surface area contributed by atoms with Crippen LogP contribution in [0.15, 0.2) is 36.7 Å². The van der Waals surface area contributed by atoms with Gasteiger partial charge in [0.05, 0.1) is 19.9 Å². The molecule has 5 heteroatoms. The summed E-state index contributed by atoms with van der Waals surface area (Å²) < 4.78 is 12.6. The van der Waals surface area contributed by atoms with Crippen LogP contribution in [0.2, 0.25) is 0 Å². The van der Waals surface area contributed by atoms with Crippen molar-refractivity contribution in [1.82, 2.24) is 9.38 Å². The largest absolute Gasteiger partial charge is 0.497 e. The summed E-state index contributed by atoms with van der Waals surface area (Å²) >= 11 is 0. The Morgan fingerprint density at radius 2 is 1.90 bits per heavy atom. The fourth-order valence-corrected chi connectivity index (χ4v) is 2.44. The molecule has 0 spiro atoms.